The van der Waals surface area contributed by atoms with Gasteiger partial charge in [0.15, 0.2) is 18.9 Å². The maximum atomic E-state index is 9.51. The van der Waals surface area contributed by atoms with Gasteiger partial charge in [-0.3, -0.25) is 0 Å². The van der Waals surface area contributed by atoms with Crippen LogP contribution < -0.4 is 4.57 Å². The van der Waals surface area contributed by atoms with Crippen LogP contribution in [0.15, 0.2) is 30.6 Å². The van der Waals surface area contributed by atoms with Gasteiger partial charge in [0, 0.05) is 12.1 Å². The number of aliphatic hydroxyl groups is 1. The van der Waals surface area contributed by atoms with Crippen molar-refractivity contribution in [3.05, 3.63) is 30.6 Å². The van der Waals surface area contributed by atoms with Gasteiger partial charge in [-0.25, -0.2) is 4.57 Å². The van der Waals surface area contributed by atoms with E-state index in [2.05, 4.69) is 5.92 Å². The lowest BCUT2D eigenvalue weighted by molar-refractivity contribution is -0.703. The van der Waals surface area contributed by atoms with Crippen LogP contribution in [0.1, 0.15) is 0 Å². The zero-order valence-electron chi connectivity index (χ0n) is 7.97. The first-order valence-electron chi connectivity index (χ1n) is 4.46. The number of aromatic nitrogens is 1. The van der Waals surface area contributed by atoms with E-state index in [9.17, 15) is 5.11 Å². The Kier molecular flexibility index (Phi) is 4.70. The highest BCUT2D eigenvalue weighted by Gasteiger charge is 2.09. The first kappa shape index (κ1) is 10.7. The monoisotopic (exact) mass is 192 g/mol. The van der Waals surface area contributed by atoms with Gasteiger partial charge >= 0.3 is 0 Å². The number of nitrogens with zero attached hydrogens (tertiary/aromatic N) is 1. The van der Waals surface area contributed by atoms with Gasteiger partial charge in [-0.2, -0.15) is 0 Å². The Labute approximate surface area is 84.0 Å². The number of terminal acetylenes is 1. The van der Waals surface area contributed by atoms with E-state index in [0.717, 1.165) is 0 Å². The predicted molar refractivity (Wildman–Crippen MR) is 52.3 cm³/mol. The molecule has 74 valence electrons. The highest BCUT2D eigenvalue weighted by molar-refractivity contribution is 4.84. The van der Waals surface area contributed by atoms with Crippen LogP contribution in [-0.2, 0) is 11.3 Å². The van der Waals surface area contributed by atoms with Crippen molar-refractivity contribution in [3.63, 3.8) is 0 Å². The largest absolute Gasteiger partial charge is 0.384 e. The predicted octanol–water partition coefficient (Wildman–Crippen LogP) is -0.0152. The van der Waals surface area contributed by atoms with Gasteiger partial charge in [-0.05, 0) is 0 Å². The molecule has 1 rings (SSSR count). The zero-order chi connectivity index (χ0) is 10.2. The van der Waals surface area contributed by atoms with E-state index >= 15 is 0 Å². The second-order valence-corrected chi connectivity index (χ2v) is 2.95. The van der Waals surface area contributed by atoms with E-state index in [0.29, 0.717) is 6.54 Å². The molecule has 0 radical (unpaired) electrons. The molecule has 0 fully saturated rings. The Bertz CT molecular complexity index is 292. The molecule has 3 heteroatoms. The molecule has 0 saturated heterocycles. The summed E-state index contributed by atoms with van der Waals surface area (Å²) in [5.74, 6) is 2.35. The smallest absolute Gasteiger partial charge is 0.176 e. The summed E-state index contributed by atoms with van der Waals surface area (Å²) in [6.45, 7) is 1.04. The number of rotatable bonds is 5. The minimum atomic E-state index is -0.518. The Hall–Kier alpha value is -1.37. The molecule has 1 N–H and O–H groups in total. The van der Waals surface area contributed by atoms with Crippen molar-refractivity contribution in [2.45, 2.75) is 12.6 Å². The molecule has 14 heavy (non-hydrogen) atoms. The van der Waals surface area contributed by atoms with Crippen LogP contribution in [0.3, 0.4) is 0 Å². The number of hydrogen-bond donors (Lipinski definition) is 1. The molecule has 0 aromatic carbocycles. The maximum absolute atomic E-state index is 9.51. The highest BCUT2D eigenvalue weighted by Crippen LogP contribution is 1.86. The Balaban J connectivity index is 2.28. The minimum Gasteiger partial charge on any atom is -0.384 e. The minimum absolute atomic E-state index is 0.247. The Morgan fingerprint density at radius 2 is 2.07 bits per heavy atom. The summed E-state index contributed by atoms with van der Waals surface area (Å²) >= 11 is 0. The molecule has 3 nitrogen and oxygen atoms in total. The molecule has 0 aliphatic carbocycles. The number of ether oxygens (including phenoxy) is 1. The third-order valence-electron chi connectivity index (χ3n) is 1.69. The second kappa shape index (κ2) is 6.14. The molecule has 0 spiro atoms. The van der Waals surface area contributed by atoms with Crippen molar-refractivity contribution in [1.29, 1.82) is 0 Å². The molecule has 0 amide bonds. The van der Waals surface area contributed by atoms with E-state index in [1.54, 1.807) is 0 Å². The molecular formula is C11H14NO2+. The van der Waals surface area contributed by atoms with E-state index in [1.165, 1.54) is 0 Å². The van der Waals surface area contributed by atoms with E-state index in [4.69, 9.17) is 11.2 Å². The van der Waals surface area contributed by atoms with Crippen molar-refractivity contribution < 1.29 is 14.4 Å². The summed E-state index contributed by atoms with van der Waals surface area (Å²) in [5.41, 5.74) is 0. The summed E-state index contributed by atoms with van der Waals surface area (Å²) in [5, 5.41) is 9.51. The van der Waals surface area contributed by atoms with Crippen LogP contribution in [-0.4, -0.2) is 24.4 Å². The van der Waals surface area contributed by atoms with Gasteiger partial charge in [-0.15, -0.1) is 6.42 Å². The molecule has 0 bridgehead atoms. The fraction of sp³-hybridized carbons (Fsp3) is 0.364. The first-order chi connectivity index (χ1) is 6.83. The van der Waals surface area contributed by atoms with Crippen molar-refractivity contribution in [3.8, 4) is 12.3 Å². The second-order valence-electron chi connectivity index (χ2n) is 2.95. The van der Waals surface area contributed by atoms with Crippen LogP contribution in [0.2, 0.25) is 0 Å². The van der Waals surface area contributed by atoms with Gasteiger partial charge in [0.2, 0.25) is 0 Å². The quantitative estimate of drug-likeness (QED) is 0.404. The lowest BCUT2D eigenvalue weighted by atomic mass is 10.3. The topological polar surface area (TPSA) is 33.3 Å². The van der Waals surface area contributed by atoms with E-state index < -0.39 is 6.10 Å². The van der Waals surface area contributed by atoms with Crippen LogP contribution in [0.5, 0.6) is 0 Å². The van der Waals surface area contributed by atoms with Crippen molar-refractivity contribution >= 4 is 0 Å². The van der Waals surface area contributed by atoms with Gasteiger partial charge in [0.05, 0.1) is 6.61 Å². The average molecular weight is 192 g/mol. The van der Waals surface area contributed by atoms with Crippen LogP contribution in [0.4, 0.5) is 0 Å². The summed E-state index contributed by atoms with van der Waals surface area (Å²) < 4.78 is 6.91. The zero-order valence-corrected chi connectivity index (χ0v) is 7.97. The third kappa shape index (κ3) is 4.04. The van der Waals surface area contributed by atoms with Crippen molar-refractivity contribution in [1.82, 2.24) is 0 Å². The van der Waals surface area contributed by atoms with Crippen LogP contribution in [0, 0.1) is 12.3 Å². The van der Waals surface area contributed by atoms with Crippen LogP contribution >= 0.6 is 0 Å². The van der Waals surface area contributed by atoms with Crippen molar-refractivity contribution in [2.75, 3.05) is 13.2 Å². The molecule has 0 saturated carbocycles. The lowest BCUT2D eigenvalue weighted by Gasteiger charge is -2.05. The Morgan fingerprint density at radius 1 is 1.36 bits per heavy atom. The lowest BCUT2D eigenvalue weighted by Crippen LogP contribution is -2.40. The molecule has 0 aliphatic heterocycles. The van der Waals surface area contributed by atoms with E-state index in [-0.39, 0.29) is 13.2 Å². The van der Waals surface area contributed by atoms with E-state index in [1.807, 2.05) is 35.2 Å². The Morgan fingerprint density at radius 3 is 2.71 bits per heavy atom. The SMILES string of the molecule is C#CCOCC(O)C[n+]1ccccc1. The summed E-state index contributed by atoms with van der Waals surface area (Å²) in [6.07, 6.45) is 8.27. The highest BCUT2D eigenvalue weighted by atomic mass is 16.5. The number of pyridine rings is 1. The number of hydrogen-bond acceptors (Lipinski definition) is 2. The normalized spacial score (nSPS) is 12.0. The molecule has 0 aliphatic rings. The molecule has 1 aromatic heterocycles. The molecule has 1 heterocycles. The average Bonchev–Trinajstić information content (AvgIpc) is 2.20. The third-order valence-corrected chi connectivity index (χ3v) is 1.69. The standard InChI is InChI=1S/C11H14NO2/c1-2-8-14-10-11(13)9-12-6-4-3-5-7-12/h1,3-7,11,13H,8-10H2/q+1. The molecule has 1 atom stereocenters. The molecule has 1 unspecified atom stereocenters. The molecule has 1 aromatic rings. The summed E-state index contributed by atoms with van der Waals surface area (Å²) in [4.78, 5) is 0. The summed E-state index contributed by atoms with van der Waals surface area (Å²) in [7, 11) is 0. The van der Waals surface area contributed by atoms with Gasteiger partial charge in [0.1, 0.15) is 12.7 Å². The fourth-order valence-electron chi connectivity index (χ4n) is 1.11. The molecular weight excluding hydrogens is 178 g/mol. The number of aliphatic hydroxyl groups excluding tert-OH is 1. The van der Waals surface area contributed by atoms with Crippen LogP contribution in [0.25, 0.3) is 0 Å². The van der Waals surface area contributed by atoms with Gasteiger partial charge in [-0.1, -0.05) is 12.0 Å². The first-order valence-corrected chi connectivity index (χ1v) is 4.46. The van der Waals surface area contributed by atoms with Gasteiger partial charge < -0.3 is 9.84 Å². The van der Waals surface area contributed by atoms with Crippen molar-refractivity contribution in [2.24, 2.45) is 0 Å². The maximum Gasteiger partial charge on any atom is 0.176 e. The summed E-state index contributed by atoms with van der Waals surface area (Å²) in [6, 6.07) is 5.75. The fourth-order valence-corrected chi connectivity index (χ4v) is 1.11. The van der Waals surface area contributed by atoms with Gasteiger partial charge in [0.25, 0.3) is 0 Å².